The van der Waals surface area contributed by atoms with Gasteiger partial charge in [-0.25, -0.2) is 4.79 Å². The summed E-state index contributed by atoms with van der Waals surface area (Å²) in [6, 6.07) is 1.18. The van der Waals surface area contributed by atoms with Gasteiger partial charge in [-0.15, -0.1) is 0 Å². The van der Waals surface area contributed by atoms with Crippen LogP contribution in [-0.4, -0.2) is 71.1 Å². The van der Waals surface area contributed by atoms with Crippen LogP contribution in [0.5, 0.6) is 5.75 Å². The second-order valence-corrected chi connectivity index (χ2v) is 9.58. The predicted octanol–water partition coefficient (Wildman–Crippen LogP) is 1.43. The number of carbonyl (C=O) groups is 5. The van der Waals surface area contributed by atoms with Crippen LogP contribution in [0.1, 0.15) is 64.6 Å². The smallest absolute Gasteiger partial charge is 0.408 e. The minimum absolute atomic E-state index is 0.0890. The summed E-state index contributed by atoms with van der Waals surface area (Å²) in [5.41, 5.74) is 5.01. The molecular formula is C25H38N4O8. The Labute approximate surface area is 216 Å². The topological polar surface area (TPSA) is 177 Å². The molecule has 1 aromatic carbocycles. The van der Waals surface area contributed by atoms with Crippen molar-refractivity contribution < 1.29 is 38.6 Å². The molecule has 0 aliphatic rings. The van der Waals surface area contributed by atoms with Crippen molar-refractivity contribution in [3.05, 3.63) is 29.3 Å². The Balaban J connectivity index is 3.62. The van der Waals surface area contributed by atoms with Gasteiger partial charge in [0.05, 0.1) is 13.5 Å². The Hall–Kier alpha value is -3.83. The van der Waals surface area contributed by atoms with Crippen LogP contribution in [0, 0.1) is 6.92 Å². The normalized spacial score (nSPS) is 13.5. The van der Waals surface area contributed by atoms with E-state index in [1.165, 1.54) is 6.07 Å². The molecule has 0 spiro atoms. The molecule has 1 rings (SSSR count). The summed E-state index contributed by atoms with van der Waals surface area (Å²) in [5, 5.41) is 15.6. The number of hydrogen-bond donors (Lipinski definition) is 4. The molecule has 3 unspecified atom stereocenters. The molecule has 37 heavy (non-hydrogen) atoms. The van der Waals surface area contributed by atoms with Crippen molar-refractivity contribution in [2.75, 3.05) is 13.7 Å². The number of nitrogens with zero attached hydrogens (tertiary/aromatic N) is 1. The summed E-state index contributed by atoms with van der Waals surface area (Å²) in [4.78, 5) is 64.4. The summed E-state index contributed by atoms with van der Waals surface area (Å²) in [6.07, 6.45) is -1.16. The van der Waals surface area contributed by atoms with Crippen LogP contribution in [0.3, 0.4) is 0 Å². The highest BCUT2D eigenvalue weighted by atomic mass is 16.6. The molecule has 0 aromatic heterocycles. The third-order valence-electron chi connectivity index (χ3n) is 5.44. The number of amides is 4. The van der Waals surface area contributed by atoms with E-state index in [1.807, 2.05) is 0 Å². The van der Waals surface area contributed by atoms with Crippen molar-refractivity contribution in [2.45, 2.75) is 78.1 Å². The zero-order chi connectivity index (χ0) is 28.5. The predicted molar refractivity (Wildman–Crippen MR) is 134 cm³/mol. The van der Waals surface area contributed by atoms with Gasteiger partial charge in [0.1, 0.15) is 30.0 Å². The average Bonchev–Trinajstić information content (AvgIpc) is 2.80. The van der Waals surface area contributed by atoms with Crippen LogP contribution < -0.4 is 16.4 Å². The lowest BCUT2D eigenvalue weighted by Gasteiger charge is -2.38. The number of aromatic hydroxyl groups is 1. The first-order valence-electron chi connectivity index (χ1n) is 11.9. The Morgan fingerprint density at radius 1 is 1.16 bits per heavy atom. The van der Waals surface area contributed by atoms with Crippen molar-refractivity contribution in [2.24, 2.45) is 5.73 Å². The van der Waals surface area contributed by atoms with E-state index in [-0.39, 0.29) is 11.3 Å². The monoisotopic (exact) mass is 522 g/mol. The van der Waals surface area contributed by atoms with Gasteiger partial charge in [-0.2, -0.15) is 0 Å². The summed E-state index contributed by atoms with van der Waals surface area (Å²) in [5.74, 6) is -3.41. The van der Waals surface area contributed by atoms with Crippen LogP contribution in [0.2, 0.25) is 0 Å². The molecule has 0 radical (unpaired) electrons. The number of phenols is 1. The molecule has 0 saturated heterocycles. The summed E-state index contributed by atoms with van der Waals surface area (Å²) in [6.45, 7) is 9.47. The number of alkyl carbamates (subject to hydrolysis) is 1. The third kappa shape index (κ3) is 9.28. The van der Waals surface area contributed by atoms with Gasteiger partial charge in [0, 0.05) is 11.6 Å². The number of primary amides is 1. The van der Waals surface area contributed by atoms with Gasteiger partial charge in [0.2, 0.25) is 17.7 Å². The molecule has 4 amide bonds. The molecule has 0 saturated carbocycles. The van der Waals surface area contributed by atoms with Gasteiger partial charge in [-0.05, 0) is 46.6 Å². The fourth-order valence-corrected chi connectivity index (χ4v) is 3.47. The second kappa shape index (κ2) is 13.5. The largest absolute Gasteiger partial charge is 0.507 e. The van der Waals surface area contributed by atoms with Crippen molar-refractivity contribution in [1.82, 2.24) is 15.5 Å². The van der Waals surface area contributed by atoms with Crippen LogP contribution in [0.4, 0.5) is 4.79 Å². The number of nitrogens with two attached hydrogens (primary N) is 1. The number of carbonyl (C=O) groups excluding carboxylic acids is 5. The number of methoxy groups -OCH3 is 1. The highest BCUT2D eigenvalue weighted by Crippen LogP contribution is 2.34. The van der Waals surface area contributed by atoms with Gasteiger partial charge in [-0.3, -0.25) is 19.2 Å². The van der Waals surface area contributed by atoms with Gasteiger partial charge in [0.15, 0.2) is 0 Å². The van der Waals surface area contributed by atoms with Gasteiger partial charge >= 0.3 is 12.1 Å². The van der Waals surface area contributed by atoms with Gasteiger partial charge in [-0.1, -0.05) is 25.1 Å². The van der Waals surface area contributed by atoms with Crippen LogP contribution in [0.15, 0.2) is 18.2 Å². The fraction of sp³-hybridized carbons (Fsp3) is 0.560. The zero-order valence-electron chi connectivity index (χ0n) is 22.4. The fourth-order valence-electron chi connectivity index (χ4n) is 3.47. The number of aryl methyl sites for hydroxylation is 1. The lowest BCUT2D eigenvalue weighted by Crippen LogP contribution is -2.56. The molecule has 1 aromatic rings. The SMILES string of the molecule is CCC(C)N(C(=O)C(CC(N)=O)NC(=O)OC(C)(C)C)C(C(=O)NCC(=O)OC)c1cccc(C)c1O. The molecule has 206 valence electrons. The summed E-state index contributed by atoms with van der Waals surface area (Å²) >= 11 is 0. The molecule has 12 heteroatoms. The maximum Gasteiger partial charge on any atom is 0.408 e. The molecule has 0 heterocycles. The minimum atomic E-state index is -1.47. The highest BCUT2D eigenvalue weighted by Gasteiger charge is 2.40. The maximum atomic E-state index is 13.9. The lowest BCUT2D eigenvalue weighted by atomic mass is 9.97. The average molecular weight is 523 g/mol. The summed E-state index contributed by atoms with van der Waals surface area (Å²) in [7, 11) is 1.16. The third-order valence-corrected chi connectivity index (χ3v) is 5.44. The molecule has 0 fully saturated rings. The van der Waals surface area contributed by atoms with E-state index in [1.54, 1.807) is 53.7 Å². The molecule has 0 aliphatic heterocycles. The van der Waals surface area contributed by atoms with E-state index in [9.17, 15) is 29.1 Å². The standard InChI is InChI=1S/C25H38N4O8/c1-8-15(3)29(23(34)17(12-18(26)30)28-24(35)37-25(4,5)6)20(22(33)27-13-19(31)36-7)16-11-9-10-14(2)21(16)32/h9-11,15,17,20,32H,8,12-13H2,1-7H3,(H2,26,30)(H,27,33)(H,28,35). The quantitative estimate of drug-likeness (QED) is 0.315. The maximum absolute atomic E-state index is 13.9. The number of para-hydroxylation sites is 1. The van der Waals surface area contributed by atoms with E-state index < -0.39 is 66.5 Å². The Morgan fingerprint density at radius 3 is 2.30 bits per heavy atom. The van der Waals surface area contributed by atoms with E-state index >= 15 is 0 Å². The van der Waals surface area contributed by atoms with Gasteiger partial charge in [0.25, 0.3) is 0 Å². The van der Waals surface area contributed by atoms with E-state index in [0.717, 1.165) is 12.0 Å². The molecule has 0 bridgehead atoms. The first-order valence-corrected chi connectivity index (χ1v) is 11.9. The van der Waals surface area contributed by atoms with Crippen LogP contribution in [0.25, 0.3) is 0 Å². The first-order chi connectivity index (χ1) is 17.1. The highest BCUT2D eigenvalue weighted by molar-refractivity contribution is 5.95. The molecule has 12 nitrogen and oxygen atoms in total. The number of esters is 1. The van der Waals surface area contributed by atoms with Crippen molar-refractivity contribution in [3.63, 3.8) is 0 Å². The van der Waals surface area contributed by atoms with Crippen molar-refractivity contribution >= 4 is 29.8 Å². The van der Waals surface area contributed by atoms with E-state index in [4.69, 9.17) is 10.5 Å². The number of hydrogen-bond acceptors (Lipinski definition) is 8. The second-order valence-electron chi connectivity index (χ2n) is 9.58. The Kier molecular flexibility index (Phi) is 11.4. The van der Waals surface area contributed by atoms with Gasteiger partial charge < -0.3 is 35.8 Å². The zero-order valence-corrected chi connectivity index (χ0v) is 22.4. The van der Waals surface area contributed by atoms with Crippen LogP contribution >= 0.6 is 0 Å². The molecular weight excluding hydrogens is 484 g/mol. The molecule has 3 atom stereocenters. The minimum Gasteiger partial charge on any atom is -0.507 e. The number of nitrogens with one attached hydrogen (secondary N) is 2. The number of benzene rings is 1. The van der Waals surface area contributed by atoms with Crippen LogP contribution in [-0.2, 0) is 28.7 Å². The number of ether oxygens (including phenoxy) is 2. The Bertz CT molecular complexity index is 1000. The molecule has 0 aliphatic carbocycles. The lowest BCUT2D eigenvalue weighted by molar-refractivity contribution is -0.147. The molecule has 5 N–H and O–H groups in total. The van der Waals surface area contributed by atoms with E-state index in [2.05, 4.69) is 15.4 Å². The number of phenolic OH excluding ortho intramolecular Hbond substituents is 1. The van der Waals surface area contributed by atoms with E-state index in [0.29, 0.717) is 12.0 Å². The first kappa shape index (κ1) is 31.2. The number of rotatable bonds is 11. The van der Waals surface area contributed by atoms with Crippen molar-refractivity contribution in [3.8, 4) is 5.75 Å². The van der Waals surface area contributed by atoms with Crippen molar-refractivity contribution in [1.29, 1.82) is 0 Å². The Morgan fingerprint density at radius 2 is 1.78 bits per heavy atom. The summed E-state index contributed by atoms with van der Waals surface area (Å²) < 4.78 is 9.80.